The van der Waals surface area contributed by atoms with Crippen molar-refractivity contribution in [3.8, 4) is 11.4 Å². The summed E-state index contributed by atoms with van der Waals surface area (Å²) in [6, 6.07) is 7.54. The summed E-state index contributed by atoms with van der Waals surface area (Å²) in [5.74, 6) is 0.721. The zero-order chi connectivity index (χ0) is 19.2. The molecular formula is C20H25ClN4OS. The third kappa shape index (κ3) is 5.14. The van der Waals surface area contributed by atoms with Crippen LogP contribution in [-0.4, -0.2) is 32.5 Å². The number of allylic oxidation sites excluding steroid dienone is 1. The average Bonchev–Trinajstić information content (AvgIpc) is 3.03. The average molecular weight is 405 g/mol. The molecule has 3 rings (SSSR count). The molecule has 144 valence electrons. The van der Waals surface area contributed by atoms with E-state index in [-0.39, 0.29) is 11.2 Å². The van der Waals surface area contributed by atoms with Crippen LogP contribution < -0.4 is 5.32 Å². The number of amides is 1. The lowest BCUT2D eigenvalue weighted by Gasteiger charge is -2.15. The second-order valence-corrected chi connectivity index (χ2v) is 8.47. The maximum absolute atomic E-state index is 12.4. The normalized spacial score (nSPS) is 15.3. The number of aromatic nitrogens is 3. The number of hydrogen-bond donors (Lipinski definition) is 1. The lowest BCUT2D eigenvalue weighted by Crippen LogP contribution is -2.32. The molecule has 7 heteroatoms. The molecule has 1 heterocycles. The van der Waals surface area contributed by atoms with Crippen LogP contribution >= 0.6 is 23.4 Å². The maximum atomic E-state index is 12.4. The lowest BCUT2D eigenvalue weighted by atomic mass is 9.97. The number of thioether (sulfide) groups is 1. The number of carbonyl (C=O) groups excluding carboxylic acids is 1. The summed E-state index contributed by atoms with van der Waals surface area (Å²) in [4.78, 5) is 12.4. The minimum atomic E-state index is -0.243. The van der Waals surface area contributed by atoms with Crippen molar-refractivity contribution in [2.45, 2.75) is 49.4 Å². The summed E-state index contributed by atoms with van der Waals surface area (Å²) in [6.45, 7) is 2.59. The van der Waals surface area contributed by atoms with E-state index < -0.39 is 0 Å². The fraction of sp³-hybridized carbons (Fsp3) is 0.450. The van der Waals surface area contributed by atoms with Gasteiger partial charge in [-0.3, -0.25) is 4.79 Å². The summed E-state index contributed by atoms with van der Waals surface area (Å²) in [5, 5.41) is 12.6. The van der Waals surface area contributed by atoms with Crippen molar-refractivity contribution in [3.63, 3.8) is 0 Å². The van der Waals surface area contributed by atoms with Gasteiger partial charge in [0.15, 0.2) is 11.0 Å². The third-order valence-corrected chi connectivity index (χ3v) is 6.19. The van der Waals surface area contributed by atoms with Gasteiger partial charge in [-0.1, -0.05) is 47.1 Å². The van der Waals surface area contributed by atoms with E-state index in [1.807, 2.05) is 42.8 Å². The van der Waals surface area contributed by atoms with E-state index >= 15 is 0 Å². The molecular weight excluding hydrogens is 380 g/mol. The number of carbonyl (C=O) groups is 1. The largest absolute Gasteiger partial charge is 0.355 e. The molecule has 1 aromatic heterocycles. The zero-order valence-electron chi connectivity index (χ0n) is 15.7. The molecule has 1 atom stereocenters. The van der Waals surface area contributed by atoms with Crippen molar-refractivity contribution in [1.82, 2.24) is 20.1 Å². The Kier molecular flexibility index (Phi) is 6.96. The van der Waals surface area contributed by atoms with Gasteiger partial charge in [0.05, 0.1) is 10.3 Å². The standard InChI is InChI=1S/C20H25ClN4OS/c1-14(19(26)22-13-12-15-8-4-3-5-9-15)27-20-24-23-18(25(20)2)16-10-6-7-11-17(16)21/h6-8,10-11,14H,3-5,9,12-13H2,1-2H3,(H,22,26)/t14-/m1/s1. The predicted molar refractivity (Wildman–Crippen MR) is 111 cm³/mol. The molecule has 1 aromatic carbocycles. The Morgan fingerprint density at radius 3 is 2.89 bits per heavy atom. The summed E-state index contributed by atoms with van der Waals surface area (Å²) in [6.07, 6.45) is 8.18. The quantitative estimate of drug-likeness (QED) is 0.540. The molecule has 0 aliphatic heterocycles. The van der Waals surface area contributed by atoms with Crippen LogP contribution in [0.4, 0.5) is 0 Å². The smallest absolute Gasteiger partial charge is 0.233 e. The van der Waals surface area contributed by atoms with E-state index in [1.54, 1.807) is 0 Å². The Labute approximate surface area is 169 Å². The predicted octanol–water partition coefficient (Wildman–Crippen LogP) is 4.62. The minimum absolute atomic E-state index is 0.0266. The second kappa shape index (κ2) is 9.42. The SMILES string of the molecule is C[C@@H](Sc1nnc(-c2ccccc2Cl)n1C)C(=O)NCCC1=CCCCC1. The highest BCUT2D eigenvalue weighted by molar-refractivity contribution is 8.00. The lowest BCUT2D eigenvalue weighted by molar-refractivity contribution is -0.120. The molecule has 0 bridgehead atoms. The summed E-state index contributed by atoms with van der Waals surface area (Å²) >= 11 is 7.67. The van der Waals surface area contributed by atoms with Gasteiger partial charge < -0.3 is 9.88 Å². The van der Waals surface area contributed by atoms with E-state index in [0.29, 0.717) is 22.5 Å². The topological polar surface area (TPSA) is 59.8 Å². The Bertz CT molecular complexity index is 833. The van der Waals surface area contributed by atoms with Gasteiger partial charge in [-0.2, -0.15) is 0 Å². The molecule has 0 fully saturated rings. The Morgan fingerprint density at radius 2 is 2.15 bits per heavy atom. The van der Waals surface area contributed by atoms with Crippen molar-refractivity contribution in [1.29, 1.82) is 0 Å². The molecule has 5 nitrogen and oxygen atoms in total. The maximum Gasteiger partial charge on any atom is 0.233 e. The molecule has 0 spiro atoms. The molecule has 1 aliphatic carbocycles. The van der Waals surface area contributed by atoms with Crippen LogP contribution in [0, 0.1) is 0 Å². The summed E-state index contributed by atoms with van der Waals surface area (Å²) < 4.78 is 1.88. The molecule has 1 aliphatic rings. The van der Waals surface area contributed by atoms with Gasteiger partial charge in [0.1, 0.15) is 0 Å². The first kappa shape index (κ1) is 20.0. The third-order valence-electron chi connectivity index (χ3n) is 4.73. The number of hydrogen-bond acceptors (Lipinski definition) is 4. The molecule has 1 N–H and O–H groups in total. The first-order valence-corrected chi connectivity index (χ1v) is 10.6. The molecule has 1 amide bonds. The number of rotatable bonds is 7. The van der Waals surface area contributed by atoms with Gasteiger partial charge >= 0.3 is 0 Å². The number of halogens is 1. The van der Waals surface area contributed by atoms with Crippen molar-refractivity contribution in [2.75, 3.05) is 6.54 Å². The van der Waals surface area contributed by atoms with Crippen LogP contribution in [0.2, 0.25) is 5.02 Å². The van der Waals surface area contributed by atoms with Gasteiger partial charge in [0, 0.05) is 19.2 Å². The van der Waals surface area contributed by atoms with Crippen LogP contribution in [0.15, 0.2) is 41.1 Å². The highest BCUT2D eigenvalue weighted by atomic mass is 35.5. The van der Waals surface area contributed by atoms with E-state index in [2.05, 4.69) is 21.6 Å². The van der Waals surface area contributed by atoms with Gasteiger partial charge in [0.25, 0.3) is 0 Å². The molecule has 0 unspecified atom stereocenters. The monoisotopic (exact) mass is 404 g/mol. The van der Waals surface area contributed by atoms with Gasteiger partial charge in [0.2, 0.25) is 5.91 Å². The van der Waals surface area contributed by atoms with Crippen LogP contribution in [0.5, 0.6) is 0 Å². The number of nitrogens with zero attached hydrogens (tertiary/aromatic N) is 3. The summed E-state index contributed by atoms with van der Waals surface area (Å²) in [5.41, 5.74) is 2.30. The van der Waals surface area contributed by atoms with E-state index in [9.17, 15) is 4.79 Å². The van der Waals surface area contributed by atoms with Gasteiger partial charge in [-0.15, -0.1) is 10.2 Å². The van der Waals surface area contributed by atoms with E-state index in [4.69, 9.17) is 11.6 Å². The Morgan fingerprint density at radius 1 is 1.33 bits per heavy atom. The molecule has 27 heavy (non-hydrogen) atoms. The highest BCUT2D eigenvalue weighted by Gasteiger charge is 2.20. The molecule has 2 aromatic rings. The van der Waals surface area contributed by atoms with Gasteiger partial charge in [-0.05, 0) is 51.2 Å². The second-order valence-electron chi connectivity index (χ2n) is 6.75. The van der Waals surface area contributed by atoms with Crippen molar-refractivity contribution in [2.24, 2.45) is 7.05 Å². The van der Waals surface area contributed by atoms with E-state index in [0.717, 1.165) is 12.0 Å². The van der Waals surface area contributed by atoms with Gasteiger partial charge in [-0.25, -0.2) is 0 Å². The highest BCUT2D eigenvalue weighted by Crippen LogP contribution is 2.29. The number of nitrogens with one attached hydrogen (secondary N) is 1. The number of benzene rings is 1. The summed E-state index contributed by atoms with van der Waals surface area (Å²) in [7, 11) is 1.89. The fourth-order valence-corrected chi connectivity index (χ4v) is 4.19. The Balaban J connectivity index is 1.56. The van der Waals surface area contributed by atoms with Crippen molar-refractivity contribution >= 4 is 29.3 Å². The van der Waals surface area contributed by atoms with Crippen LogP contribution in [0.25, 0.3) is 11.4 Å². The van der Waals surface area contributed by atoms with Crippen LogP contribution in [0.1, 0.15) is 39.0 Å². The first-order valence-electron chi connectivity index (χ1n) is 9.33. The van der Waals surface area contributed by atoms with Crippen LogP contribution in [0.3, 0.4) is 0 Å². The fourth-order valence-electron chi connectivity index (χ4n) is 3.13. The Hall–Kier alpha value is -1.79. The minimum Gasteiger partial charge on any atom is -0.355 e. The zero-order valence-corrected chi connectivity index (χ0v) is 17.3. The van der Waals surface area contributed by atoms with Crippen LogP contribution in [-0.2, 0) is 11.8 Å². The van der Waals surface area contributed by atoms with Crippen molar-refractivity contribution < 1.29 is 4.79 Å². The van der Waals surface area contributed by atoms with E-state index in [1.165, 1.54) is 43.0 Å². The molecule has 0 saturated carbocycles. The molecule has 0 saturated heterocycles. The van der Waals surface area contributed by atoms with Crippen molar-refractivity contribution in [3.05, 3.63) is 40.9 Å². The first-order chi connectivity index (χ1) is 13.1. The molecule has 0 radical (unpaired) electrons.